The number of anilines is 1. The van der Waals surface area contributed by atoms with Crippen molar-refractivity contribution in [1.82, 2.24) is 4.98 Å². The predicted molar refractivity (Wildman–Crippen MR) is 152 cm³/mol. The highest BCUT2D eigenvalue weighted by Gasteiger charge is 2.49. The van der Waals surface area contributed by atoms with Crippen molar-refractivity contribution in [2.24, 2.45) is 22.8 Å². The van der Waals surface area contributed by atoms with Crippen LogP contribution < -0.4 is 26.3 Å². The molecule has 3 amide bonds. The first kappa shape index (κ1) is 31.3. The number of nitrogens with two attached hydrogens (primary N) is 2. The van der Waals surface area contributed by atoms with E-state index >= 15 is 0 Å². The number of rotatable bonds is 12. The number of benzene rings is 2. The van der Waals surface area contributed by atoms with Gasteiger partial charge in [0.1, 0.15) is 0 Å². The molecule has 1 fully saturated rings. The van der Waals surface area contributed by atoms with E-state index in [1.54, 1.807) is 52.0 Å². The molecule has 0 bridgehead atoms. The van der Waals surface area contributed by atoms with Crippen molar-refractivity contribution in [1.29, 1.82) is 0 Å². The van der Waals surface area contributed by atoms with Crippen LogP contribution in [0.4, 0.5) is 19.3 Å². The van der Waals surface area contributed by atoms with Crippen molar-refractivity contribution in [3.63, 3.8) is 0 Å². The van der Waals surface area contributed by atoms with E-state index in [4.69, 9.17) is 25.4 Å². The molecule has 230 valence electrons. The molecule has 1 aliphatic rings. The maximum atomic E-state index is 13.6. The van der Waals surface area contributed by atoms with Crippen LogP contribution in [0.3, 0.4) is 0 Å². The number of primary amides is 2. The first-order valence-corrected chi connectivity index (χ1v) is 13.6. The van der Waals surface area contributed by atoms with Gasteiger partial charge in [0.2, 0.25) is 11.8 Å². The number of carbonyl (C=O) groups is 3. The molecule has 13 heteroatoms. The average Bonchev–Trinajstić information content (AvgIpc) is 3.62. The molecule has 0 aliphatic heterocycles. The summed E-state index contributed by atoms with van der Waals surface area (Å²) in [7, 11) is 0. The van der Waals surface area contributed by atoms with Gasteiger partial charge in [-0.1, -0.05) is 32.9 Å². The molecular weight excluding hydrogens is 566 g/mol. The summed E-state index contributed by atoms with van der Waals surface area (Å²) in [5.74, 6) is -1.14. The summed E-state index contributed by atoms with van der Waals surface area (Å²) in [4.78, 5) is 41.3. The van der Waals surface area contributed by atoms with Gasteiger partial charge < -0.3 is 35.4 Å². The van der Waals surface area contributed by atoms with Crippen LogP contribution in [0.2, 0.25) is 0 Å². The molecule has 1 unspecified atom stereocenters. The number of hydrogen-bond donors (Lipinski definition) is 3. The highest BCUT2D eigenvalue weighted by molar-refractivity contribution is 6.04. The lowest BCUT2D eigenvalue weighted by Crippen LogP contribution is -2.44. The molecule has 0 saturated heterocycles. The van der Waals surface area contributed by atoms with Crippen LogP contribution in [0.25, 0.3) is 11.5 Å². The summed E-state index contributed by atoms with van der Waals surface area (Å²) in [6.45, 7) is 4.08. The Morgan fingerprint density at radius 1 is 1.05 bits per heavy atom. The molecule has 5 N–H and O–H groups in total. The highest BCUT2D eigenvalue weighted by Crippen LogP contribution is 2.46. The van der Waals surface area contributed by atoms with E-state index in [2.05, 4.69) is 15.0 Å². The number of oxazole rings is 1. The van der Waals surface area contributed by atoms with Gasteiger partial charge in [-0.25, -0.2) is 9.78 Å². The summed E-state index contributed by atoms with van der Waals surface area (Å²) in [6, 6.07) is 10.6. The number of alkyl halides is 2. The minimum atomic E-state index is -3.07. The molecule has 4 rings (SSSR count). The molecule has 2 aromatic carbocycles. The third-order valence-corrected chi connectivity index (χ3v) is 7.18. The Morgan fingerprint density at radius 3 is 2.28 bits per heavy atom. The van der Waals surface area contributed by atoms with Crippen molar-refractivity contribution in [3.8, 4) is 23.0 Å². The Morgan fingerprint density at radius 2 is 1.72 bits per heavy atom. The SMILES string of the molecule is CC(C)(C)C(C)(OC(N)=O)c1oc(-c2ccc(OC(F)F)c(OCC3CC3)c2)nc1C(=O)Nc1ccc(CC(N)=O)cc1. The minimum absolute atomic E-state index is 0.0346. The van der Waals surface area contributed by atoms with Crippen molar-refractivity contribution < 1.29 is 41.8 Å². The first-order chi connectivity index (χ1) is 20.2. The number of amides is 3. The lowest BCUT2D eigenvalue weighted by Gasteiger charge is -2.38. The molecule has 11 nitrogen and oxygen atoms in total. The highest BCUT2D eigenvalue weighted by atomic mass is 19.3. The zero-order valence-corrected chi connectivity index (χ0v) is 24.2. The second kappa shape index (κ2) is 12.3. The van der Waals surface area contributed by atoms with Gasteiger partial charge in [-0.15, -0.1) is 0 Å². The van der Waals surface area contributed by atoms with Crippen LogP contribution >= 0.6 is 0 Å². The van der Waals surface area contributed by atoms with E-state index in [1.165, 1.54) is 18.2 Å². The van der Waals surface area contributed by atoms with Crippen molar-refractivity contribution >= 4 is 23.6 Å². The molecule has 3 aromatic rings. The van der Waals surface area contributed by atoms with Crippen LogP contribution in [0.5, 0.6) is 11.5 Å². The molecule has 43 heavy (non-hydrogen) atoms. The number of nitrogens with one attached hydrogen (secondary N) is 1. The predicted octanol–water partition coefficient (Wildman–Crippen LogP) is 5.37. The quantitative estimate of drug-likeness (QED) is 0.249. The summed E-state index contributed by atoms with van der Waals surface area (Å²) in [5, 5.41) is 2.73. The third kappa shape index (κ3) is 7.59. The molecule has 1 aliphatic carbocycles. The zero-order valence-electron chi connectivity index (χ0n) is 24.2. The van der Waals surface area contributed by atoms with Gasteiger partial charge in [-0.2, -0.15) is 8.78 Å². The van der Waals surface area contributed by atoms with Gasteiger partial charge in [-0.3, -0.25) is 9.59 Å². The Kier molecular flexibility index (Phi) is 8.93. The number of hydrogen-bond acceptors (Lipinski definition) is 8. The van der Waals surface area contributed by atoms with Gasteiger partial charge in [0.15, 0.2) is 28.6 Å². The Hall–Kier alpha value is -4.68. The normalized spacial score (nSPS) is 14.6. The molecular formula is C30H34F2N4O7. The largest absolute Gasteiger partial charge is 0.489 e. The number of ether oxygens (including phenoxy) is 3. The number of aromatic nitrogens is 1. The average molecular weight is 601 g/mol. The lowest BCUT2D eigenvalue weighted by atomic mass is 9.75. The van der Waals surface area contributed by atoms with Gasteiger partial charge in [0, 0.05) is 16.7 Å². The van der Waals surface area contributed by atoms with E-state index in [1.807, 2.05) is 0 Å². The monoisotopic (exact) mass is 600 g/mol. The van der Waals surface area contributed by atoms with Crippen molar-refractivity contribution in [2.45, 2.75) is 59.2 Å². The number of nitrogens with zero attached hydrogens (tertiary/aromatic N) is 1. The minimum Gasteiger partial charge on any atom is -0.489 e. The maximum Gasteiger partial charge on any atom is 0.405 e. The van der Waals surface area contributed by atoms with Gasteiger partial charge >= 0.3 is 12.7 Å². The molecule has 1 heterocycles. The molecule has 1 atom stereocenters. The Balaban J connectivity index is 1.77. The van der Waals surface area contributed by atoms with E-state index < -0.39 is 35.5 Å². The topological polar surface area (TPSA) is 169 Å². The number of carbonyl (C=O) groups excluding carboxylic acids is 3. The second-order valence-electron chi connectivity index (χ2n) is 11.5. The molecule has 0 radical (unpaired) electrons. The van der Waals surface area contributed by atoms with E-state index in [0.717, 1.165) is 12.8 Å². The summed E-state index contributed by atoms with van der Waals surface area (Å²) in [6.07, 6.45) is 0.889. The lowest BCUT2D eigenvalue weighted by molar-refractivity contribution is -0.117. The summed E-state index contributed by atoms with van der Waals surface area (Å²) >= 11 is 0. The second-order valence-corrected chi connectivity index (χ2v) is 11.5. The Bertz CT molecular complexity index is 1500. The van der Waals surface area contributed by atoms with Gasteiger partial charge in [-0.05, 0) is 61.6 Å². The van der Waals surface area contributed by atoms with E-state index in [-0.39, 0.29) is 35.3 Å². The fraction of sp³-hybridized carbons (Fsp3) is 0.400. The number of halogens is 2. The standard InChI is InChI=1S/C30H34F2N4O7/c1-29(2,3)30(4,43-28(34)39)24-23(25(38)35-19-10-7-16(8-11-19)13-22(33)37)36-26(42-24)18-9-12-20(41-27(31)32)21(14-18)40-15-17-5-6-17/h7-12,14,17,27H,5-6,13,15H2,1-4H3,(H2,33,37)(H2,34,39)(H,35,38). The zero-order chi connectivity index (χ0) is 31.5. The summed E-state index contributed by atoms with van der Waals surface area (Å²) in [5.41, 5.74) is 9.36. The van der Waals surface area contributed by atoms with Crippen molar-refractivity contribution in [2.75, 3.05) is 11.9 Å². The fourth-order valence-electron chi connectivity index (χ4n) is 4.20. The van der Waals surface area contributed by atoms with Crippen LogP contribution in [0.1, 0.15) is 62.3 Å². The summed E-state index contributed by atoms with van der Waals surface area (Å²) < 4.78 is 48.2. The molecule has 1 aromatic heterocycles. The Labute approximate surface area is 246 Å². The van der Waals surface area contributed by atoms with Gasteiger partial charge in [0.25, 0.3) is 5.91 Å². The van der Waals surface area contributed by atoms with Crippen LogP contribution in [-0.2, 0) is 21.6 Å². The maximum absolute atomic E-state index is 13.6. The molecule has 1 saturated carbocycles. The van der Waals surface area contributed by atoms with Crippen molar-refractivity contribution in [3.05, 3.63) is 59.5 Å². The van der Waals surface area contributed by atoms with E-state index in [0.29, 0.717) is 29.3 Å². The van der Waals surface area contributed by atoms with Gasteiger partial charge in [0.05, 0.1) is 13.0 Å². The first-order valence-electron chi connectivity index (χ1n) is 13.6. The fourth-order valence-corrected chi connectivity index (χ4v) is 4.20. The van der Waals surface area contributed by atoms with Crippen LogP contribution in [-0.4, -0.2) is 36.1 Å². The van der Waals surface area contributed by atoms with Crippen LogP contribution in [0, 0.1) is 11.3 Å². The third-order valence-electron chi connectivity index (χ3n) is 7.18. The van der Waals surface area contributed by atoms with E-state index in [9.17, 15) is 23.2 Å². The smallest absolute Gasteiger partial charge is 0.405 e. The molecule has 0 spiro atoms. The van der Waals surface area contributed by atoms with Crippen LogP contribution in [0.15, 0.2) is 46.9 Å².